The SMILES string of the molecule is C[C@@H](COC(=O)C(C)(C)CON([O-])O)c1ccc(-c2ccccc2)c(F)c1. The van der Waals surface area contributed by atoms with Crippen LogP contribution in [-0.4, -0.2) is 29.8 Å². The zero-order valence-electron chi connectivity index (χ0n) is 15.5. The Morgan fingerprint density at radius 2 is 1.93 bits per heavy atom. The van der Waals surface area contributed by atoms with Crippen LogP contribution in [0.15, 0.2) is 48.5 Å². The molecule has 0 aliphatic heterocycles. The van der Waals surface area contributed by atoms with Gasteiger partial charge in [0.25, 0.3) is 0 Å². The van der Waals surface area contributed by atoms with Crippen molar-refractivity contribution in [1.82, 2.24) is 5.39 Å². The zero-order chi connectivity index (χ0) is 20.0. The van der Waals surface area contributed by atoms with Gasteiger partial charge < -0.3 is 15.2 Å². The second-order valence-corrected chi connectivity index (χ2v) is 7.00. The molecule has 2 aromatic rings. The van der Waals surface area contributed by atoms with Gasteiger partial charge in [-0.05, 0) is 31.0 Å². The van der Waals surface area contributed by atoms with Gasteiger partial charge >= 0.3 is 5.97 Å². The molecule has 2 aromatic carbocycles. The quantitative estimate of drug-likeness (QED) is 0.547. The first kappa shape index (κ1) is 21.0. The van der Waals surface area contributed by atoms with E-state index in [0.29, 0.717) is 11.1 Å². The fourth-order valence-corrected chi connectivity index (χ4v) is 2.46. The zero-order valence-corrected chi connectivity index (χ0v) is 15.5. The van der Waals surface area contributed by atoms with Crippen molar-refractivity contribution in [3.05, 3.63) is 65.1 Å². The molecule has 146 valence electrons. The molecule has 0 spiro atoms. The highest BCUT2D eigenvalue weighted by atomic mass is 19.1. The second kappa shape index (κ2) is 9.05. The molecule has 0 amide bonds. The monoisotopic (exact) mass is 376 g/mol. The Bertz CT molecular complexity index is 764. The van der Waals surface area contributed by atoms with E-state index in [1.807, 2.05) is 37.3 Å². The molecule has 0 radical (unpaired) electrons. The number of carbonyl (C=O) groups is 1. The van der Waals surface area contributed by atoms with E-state index in [0.717, 1.165) is 5.56 Å². The van der Waals surface area contributed by atoms with E-state index < -0.39 is 16.8 Å². The van der Waals surface area contributed by atoms with Crippen LogP contribution < -0.4 is 0 Å². The van der Waals surface area contributed by atoms with E-state index in [1.54, 1.807) is 12.1 Å². The highest BCUT2D eigenvalue weighted by Crippen LogP contribution is 2.27. The van der Waals surface area contributed by atoms with Gasteiger partial charge in [0.2, 0.25) is 0 Å². The molecule has 0 bridgehead atoms. The first-order valence-corrected chi connectivity index (χ1v) is 8.52. The highest BCUT2D eigenvalue weighted by molar-refractivity contribution is 5.76. The third-order valence-electron chi connectivity index (χ3n) is 4.20. The molecule has 0 saturated carbocycles. The van der Waals surface area contributed by atoms with Crippen LogP contribution in [0, 0.1) is 16.4 Å². The molecule has 6 nitrogen and oxygen atoms in total. The number of benzene rings is 2. The minimum absolute atomic E-state index is 0.0482. The summed E-state index contributed by atoms with van der Waals surface area (Å²) < 4.78 is 19.7. The summed E-state index contributed by atoms with van der Waals surface area (Å²) in [5, 5.41) is 18.2. The maximum atomic E-state index is 14.5. The Morgan fingerprint density at radius 1 is 1.26 bits per heavy atom. The predicted molar refractivity (Wildman–Crippen MR) is 97.9 cm³/mol. The molecule has 0 aliphatic carbocycles. The fraction of sp³-hybridized carbons (Fsp3) is 0.350. The number of ether oxygens (including phenoxy) is 1. The number of hydrogen-bond donors (Lipinski definition) is 1. The van der Waals surface area contributed by atoms with Gasteiger partial charge in [0.05, 0.1) is 18.6 Å². The van der Waals surface area contributed by atoms with Crippen molar-refractivity contribution in [2.45, 2.75) is 26.7 Å². The van der Waals surface area contributed by atoms with Gasteiger partial charge in [-0.3, -0.25) is 9.63 Å². The Balaban J connectivity index is 1.99. The lowest BCUT2D eigenvalue weighted by molar-refractivity contribution is -0.314. The van der Waals surface area contributed by atoms with Gasteiger partial charge in [-0.25, -0.2) is 4.39 Å². The average Bonchev–Trinajstić information content (AvgIpc) is 2.64. The van der Waals surface area contributed by atoms with E-state index in [9.17, 15) is 14.4 Å². The molecule has 0 aromatic heterocycles. The predicted octanol–water partition coefficient (Wildman–Crippen LogP) is 4.29. The summed E-state index contributed by atoms with van der Waals surface area (Å²) >= 11 is 0. The summed E-state index contributed by atoms with van der Waals surface area (Å²) in [5.41, 5.74) is 0.884. The van der Waals surface area contributed by atoms with Crippen molar-refractivity contribution < 1.29 is 24.0 Å². The Hall–Kier alpha value is -2.32. The number of halogens is 1. The normalized spacial score (nSPS) is 12.9. The largest absolute Gasteiger partial charge is 0.738 e. The first-order chi connectivity index (χ1) is 12.7. The maximum Gasteiger partial charge on any atom is 0.313 e. The third kappa shape index (κ3) is 5.83. The van der Waals surface area contributed by atoms with Crippen molar-refractivity contribution in [3.8, 4) is 11.1 Å². The minimum Gasteiger partial charge on any atom is -0.738 e. The second-order valence-electron chi connectivity index (χ2n) is 7.00. The van der Waals surface area contributed by atoms with Crippen molar-refractivity contribution >= 4 is 5.97 Å². The number of rotatable bonds is 8. The molecule has 1 N–H and O–H groups in total. The molecule has 7 heteroatoms. The smallest absolute Gasteiger partial charge is 0.313 e. The van der Waals surface area contributed by atoms with Crippen LogP contribution in [0.5, 0.6) is 0 Å². The van der Waals surface area contributed by atoms with E-state index in [-0.39, 0.29) is 24.9 Å². The summed E-state index contributed by atoms with van der Waals surface area (Å²) in [7, 11) is 0. The summed E-state index contributed by atoms with van der Waals surface area (Å²) in [6.07, 6.45) is 0. The molecule has 1 atom stereocenters. The highest BCUT2D eigenvalue weighted by Gasteiger charge is 2.30. The van der Waals surface area contributed by atoms with Crippen molar-refractivity contribution in [3.63, 3.8) is 0 Å². The van der Waals surface area contributed by atoms with Crippen molar-refractivity contribution in [1.29, 1.82) is 0 Å². The lowest BCUT2D eigenvalue weighted by atomic mass is 9.95. The lowest BCUT2D eigenvalue weighted by Gasteiger charge is -2.27. The first-order valence-electron chi connectivity index (χ1n) is 8.52. The third-order valence-corrected chi connectivity index (χ3v) is 4.20. The summed E-state index contributed by atoms with van der Waals surface area (Å²) in [5.74, 6) is -1.15. The van der Waals surface area contributed by atoms with Gasteiger partial charge in [0.15, 0.2) is 0 Å². The molecule has 2 rings (SSSR count). The standard InChI is InChI=1S/C20H23FNO5/c1-14(12-26-19(23)20(2,3)13-27-22(24)25)16-9-10-17(18(21)11-16)15-7-5-4-6-8-15/h4-11,14,24H,12-13H2,1-3H3/q-1/t14-/m0/s1. The van der Waals surface area contributed by atoms with Gasteiger partial charge in [0.1, 0.15) is 5.82 Å². The topological polar surface area (TPSA) is 82.1 Å². The molecule has 0 unspecified atom stereocenters. The Kier molecular flexibility index (Phi) is 7.04. The van der Waals surface area contributed by atoms with Gasteiger partial charge in [0, 0.05) is 11.5 Å². The van der Waals surface area contributed by atoms with Crippen LogP contribution in [0.2, 0.25) is 0 Å². The fourth-order valence-electron chi connectivity index (χ4n) is 2.46. The maximum absolute atomic E-state index is 14.5. The van der Waals surface area contributed by atoms with Crippen LogP contribution in [0.3, 0.4) is 0 Å². The van der Waals surface area contributed by atoms with Crippen molar-refractivity contribution in [2.24, 2.45) is 5.41 Å². The number of hydrogen-bond acceptors (Lipinski definition) is 6. The molecule has 0 saturated heterocycles. The molecule has 0 fully saturated rings. The summed E-state index contributed by atoms with van der Waals surface area (Å²) in [4.78, 5) is 16.5. The molecule has 27 heavy (non-hydrogen) atoms. The van der Waals surface area contributed by atoms with Crippen LogP contribution in [-0.2, 0) is 14.4 Å². The van der Waals surface area contributed by atoms with Gasteiger partial charge in [-0.1, -0.05) is 49.4 Å². The average molecular weight is 376 g/mol. The lowest BCUT2D eigenvalue weighted by Crippen LogP contribution is -2.34. The van der Waals surface area contributed by atoms with Crippen LogP contribution in [0.1, 0.15) is 32.3 Å². The van der Waals surface area contributed by atoms with Crippen LogP contribution in [0.25, 0.3) is 11.1 Å². The Labute approximate surface area is 157 Å². The molecule has 0 heterocycles. The van der Waals surface area contributed by atoms with E-state index in [4.69, 9.17) is 9.94 Å². The molecular formula is C20H23FNO5-. The van der Waals surface area contributed by atoms with E-state index in [1.165, 1.54) is 19.9 Å². The summed E-state index contributed by atoms with van der Waals surface area (Å²) in [6, 6.07) is 14.2. The number of carbonyl (C=O) groups excluding carboxylic acids is 1. The number of nitrogens with zero attached hydrogens (tertiary/aromatic N) is 1. The minimum atomic E-state index is -1.12. The molecular weight excluding hydrogens is 353 g/mol. The van der Waals surface area contributed by atoms with E-state index in [2.05, 4.69) is 4.84 Å². The molecule has 0 aliphatic rings. The van der Waals surface area contributed by atoms with Gasteiger partial charge in [-0.15, -0.1) is 5.39 Å². The van der Waals surface area contributed by atoms with Crippen LogP contribution >= 0.6 is 0 Å². The van der Waals surface area contributed by atoms with Crippen molar-refractivity contribution in [2.75, 3.05) is 13.2 Å². The van der Waals surface area contributed by atoms with Crippen LogP contribution in [0.4, 0.5) is 4.39 Å². The Morgan fingerprint density at radius 3 is 2.52 bits per heavy atom. The van der Waals surface area contributed by atoms with Gasteiger partial charge in [-0.2, -0.15) is 0 Å². The van der Waals surface area contributed by atoms with E-state index >= 15 is 0 Å². The number of esters is 1. The summed E-state index contributed by atoms with van der Waals surface area (Å²) in [6.45, 7) is 4.59.